The second kappa shape index (κ2) is 9.65. The maximum atomic E-state index is 13.5. The van der Waals surface area contributed by atoms with E-state index < -0.39 is 0 Å². The molecule has 168 valence electrons. The zero-order valence-electron chi connectivity index (χ0n) is 18.8. The molecule has 0 atom stereocenters. The molecule has 4 rings (SSSR count). The SMILES string of the molecule is CCN(C)c1cc(-c2cccc(OC)c2)nn(-c2cc(N3CCCCC3)ccc2Cl)c1=O. The standard InChI is InChI=1S/C25H29ClN4O2/c1-4-28(2)24-17-22(18-9-8-10-20(15-18)32-3)27-30(25(24)31)23-16-19(11-12-21(23)26)29-13-6-5-7-14-29/h8-12,15-17H,4-7,13-14H2,1-3H3. The van der Waals surface area contributed by atoms with E-state index in [9.17, 15) is 4.79 Å². The Morgan fingerprint density at radius 1 is 1.09 bits per heavy atom. The molecule has 0 amide bonds. The minimum atomic E-state index is -0.196. The summed E-state index contributed by atoms with van der Waals surface area (Å²) in [5, 5.41) is 5.23. The van der Waals surface area contributed by atoms with Gasteiger partial charge in [-0.2, -0.15) is 9.78 Å². The van der Waals surface area contributed by atoms with Gasteiger partial charge in [-0.3, -0.25) is 4.79 Å². The predicted molar refractivity (Wildman–Crippen MR) is 132 cm³/mol. The number of hydrogen-bond donors (Lipinski definition) is 0. The topological polar surface area (TPSA) is 50.6 Å². The summed E-state index contributed by atoms with van der Waals surface area (Å²) >= 11 is 6.60. The highest BCUT2D eigenvalue weighted by Crippen LogP contribution is 2.29. The van der Waals surface area contributed by atoms with Gasteiger partial charge in [-0.15, -0.1) is 0 Å². The van der Waals surface area contributed by atoms with Crippen LogP contribution < -0.4 is 20.1 Å². The summed E-state index contributed by atoms with van der Waals surface area (Å²) in [5.74, 6) is 0.734. The van der Waals surface area contributed by atoms with Gasteiger partial charge in [0.15, 0.2) is 0 Å². The molecule has 0 aliphatic carbocycles. The summed E-state index contributed by atoms with van der Waals surface area (Å²) in [7, 11) is 3.54. The number of piperidine rings is 1. The second-order valence-corrected chi connectivity index (χ2v) is 8.47. The Bertz CT molecular complexity index is 1150. The van der Waals surface area contributed by atoms with E-state index >= 15 is 0 Å². The molecule has 0 radical (unpaired) electrons. The van der Waals surface area contributed by atoms with Gasteiger partial charge >= 0.3 is 0 Å². The van der Waals surface area contributed by atoms with Crippen molar-refractivity contribution in [3.63, 3.8) is 0 Å². The molecule has 1 saturated heterocycles. The summed E-state index contributed by atoms with van der Waals surface area (Å²) in [6, 6.07) is 15.4. The third-order valence-electron chi connectivity index (χ3n) is 6.02. The summed E-state index contributed by atoms with van der Waals surface area (Å²) in [6.45, 7) is 4.73. The number of rotatable bonds is 6. The second-order valence-electron chi connectivity index (χ2n) is 8.06. The number of nitrogens with zero attached hydrogens (tertiary/aromatic N) is 4. The van der Waals surface area contributed by atoms with Crippen LogP contribution in [0.4, 0.5) is 11.4 Å². The van der Waals surface area contributed by atoms with E-state index in [4.69, 9.17) is 21.4 Å². The van der Waals surface area contributed by atoms with Gasteiger partial charge in [0.05, 0.1) is 23.5 Å². The monoisotopic (exact) mass is 452 g/mol. The first-order valence-corrected chi connectivity index (χ1v) is 11.4. The van der Waals surface area contributed by atoms with Crippen LogP contribution >= 0.6 is 11.6 Å². The van der Waals surface area contributed by atoms with Crippen molar-refractivity contribution >= 4 is 23.0 Å². The number of aromatic nitrogens is 2. The molecule has 2 heterocycles. The third-order valence-corrected chi connectivity index (χ3v) is 6.34. The summed E-state index contributed by atoms with van der Waals surface area (Å²) in [6.07, 6.45) is 3.60. The highest BCUT2D eigenvalue weighted by atomic mass is 35.5. The van der Waals surface area contributed by atoms with E-state index in [0.29, 0.717) is 28.6 Å². The molecule has 0 spiro atoms. The Morgan fingerprint density at radius 2 is 1.88 bits per heavy atom. The Balaban J connectivity index is 1.89. The first-order valence-electron chi connectivity index (χ1n) is 11.1. The van der Waals surface area contributed by atoms with Crippen LogP contribution in [-0.2, 0) is 0 Å². The van der Waals surface area contributed by atoms with Crippen molar-refractivity contribution in [2.75, 3.05) is 43.6 Å². The number of methoxy groups -OCH3 is 1. The van der Waals surface area contributed by atoms with Gasteiger partial charge in [0.2, 0.25) is 0 Å². The molecule has 0 N–H and O–H groups in total. The third kappa shape index (κ3) is 4.46. The van der Waals surface area contributed by atoms with E-state index in [1.54, 1.807) is 7.11 Å². The minimum Gasteiger partial charge on any atom is -0.497 e. The highest BCUT2D eigenvalue weighted by Gasteiger charge is 2.18. The number of benzene rings is 2. The van der Waals surface area contributed by atoms with Crippen molar-refractivity contribution < 1.29 is 4.74 Å². The molecule has 7 heteroatoms. The van der Waals surface area contributed by atoms with E-state index in [-0.39, 0.29) is 5.56 Å². The molecule has 1 aliphatic rings. The van der Waals surface area contributed by atoms with Gasteiger partial charge in [-0.25, -0.2) is 0 Å². The first kappa shape index (κ1) is 22.2. The zero-order valence-corrected chi connectivity index (χ0v) is 19.6. The molecule has 1 aromatic heterocycles. The molecule has 32 heavy (non-hydrogen) atoms. The Morgan fingerprint density at radius 3 is 2.59 bits per heavy atom. The average Bonchev–Trinajstić information content (AvgIpc) is 2.84. The van der Waals surface area contributed by atoms with E-state index in [1.165, 1.54) is 23.9 Å². The normalized spacial score (nSPS) is 13.8. The smallest absolute Gasteiger partial charge is 0.295 e. The van der Waals surface area contributed by atoms with Crippen molar-refractivity contribution in [1.29, 1.82) is 0 Å². The molecule has 0 unspecified atom stereocenters. The van der Waals surface area contributed by atoms with Gasteiger partial charge in [0.25, 0.3) is 5.56 Å². The molecule has 6 nitrogen and oxygen atoms in total. The van der Waals surface area contributed by atoms with Crippen LogP contribution in [0.2, 0.25) is 5.02 Å². The van der Waals surface area contributed by atoms with Crippen molar-refractivity contribution in [3.05, 3.63) is 63.9 Å². The molecular weight excluding hydrogens is 424 g/mol. The van der Waals surface area contributed by atoms with Crippen LogP contribution in [0.25, 0.3) is 16.9 Å². The fourth-order valence-corrected chi connectivity index (χ4v) is 4.22. The van der Waals surface area contributed by atoms with Crippen molar-refractivity contribution in [2.45, 2.75) is 26.2 Å². The fraction of sp³-hybridized carbons (Fsp3) is 0.360. The lowest BCUT2D eigenvalue weighted by Gasteiger charge is -2.29. The van der Waals surface area contributed by atoms with Gasteiger partial charge in [0.1, 0.15) is 11.4 Å². The predicted octanol–water partition coefficient (Wildman–Crippen LogP) is 5.01. The summed E-state index contributed by atoms with van der Waals surface area (Å²) < 4.78 is 6.82. The number of hydrogen-bond acceptors (Lipinski definition) is 5. The first-order chi connectivity index (χ1) is 15.5. The molecule has 2 aromatic carbocycles. The number of halogens is 1. The maximum absolute atomic E-state index is 13.5. The van der Waals surface area contributed by atoms with Crippen LogP contribution in [0.15, 0.2) is 53.3 Å². The van der Waals surface area contributed by atoms with Crippen LogP contribution in [0.3, 0.4) is 0 Å². The largest absolute Gasteiger partial charge is 0.497 e. The molecule has 3 aromatic rings. The maximum Gasteiger partial charge on any atom is 0.295 e. The van der Waals surface area contributed by atoms with Crippen molar-refractivity contribution in [3.8, 4) is 22.7 Å². The van der Waals surface area contributed by atoms with E-state index in [1.807, 2.05) is 67.4 Å². The van der Waals surface area contributed by atoms with Crippen LogP contribution in [0.5, 0.6) is 5.75 Å². The van der Waals surface area contributed by atoms with Crippen LogP contribution in [-0.4, -0.2) is 43.6 Å². The van der Waals surface area contributed by atoms with Gasteiger partial charge < -0.3 is 14.5 Å². The summed E-state index contributed by atoms with van der Waals surface area (Å²) in [5.41, 5.74) is 3.58. The average molecular weight is 453 g/mol. The number of ether oxygens (including phenoxy) is 1. The van der Waals surface area contributed by atoms with Gasteiger partial charge in [-0.1, -0.05) is 23.7 Å². The van der Waals surface area contributed by atoms with Gasteiger partial charge in [-0.05, 0) is 62.6 Å². The minimum absolute atomic E-state index is 0.196. The lowest BCUT2D eigenvalue weighted by molar-refractivity contribution is 0.415. The van der Waals surface area contributed by atoms with Crippen molar-refractivity contribution in [1.82, 2.24) is 9.78 Å². The van der Waals surface area contributed by atoms with Crippen LogP contribution in [0.1, 0.15) is 26.2 Å². The lowest BCUT2D eigenvalue weighted by atomic mass is 10.1. The Labute approximate surface area is 194 Å². The molecule has 1 fully saturated rings. The van der Waals surface area contributed by atoms with Crippen molar-refractivity contribution in [2.24, 2.45) is 0 Å². The van der Waals surface area contributed by atoms with E-state index in [0.717, 1.165) is 30.1 Å². The fourth-order valence-electron chi connectivity index (χ4n) is 4.02. The Hall–Kier alpha value is -2.99. The summed E-state index contributed by atoms with van der Waals surface area (Å²) in [4.78, 5) is 17.7. The lowest BCUT2D eigenvalue weighted by Crippen LogP contribution is -2.31. The van der Waals surface area contributed by atoms with E-state index in [2.05, 4.69) is 4.90 Å². The molecule has 0 bridgehead atoms. The number of anilines is 2. The molecular formula is C25H29ClN4O2. The highest BCUT2D eigenvalue weighted by molar-refractivity contribution is 6.32. The van der Waals surface area contributed by atoms with Crippen LogP contribution in [0, 0.1) is 0 Å². The van der Waals surface area contributed by atoms with Gasteiger partial charge in [0, 0.05) is 37.9 Å². The molecule has 1 aliphatic heterocycles. The quantitative estimate of drug-likeness (QED) is 0.526. The zero-order chi connectivity index (χ0) is 22.7. The molecule has 0 saturated carbocycles. The Kier molecular flexibility index (Phi) is 6.70.